The molecule has 2 unspecified atom stereocenters. The summed E-state index contributed by atoms with van der Waals surface area (Å²) in [7, 11) is 0. The quantitative estimate of drug-likeness (QED) is 0.600. The van der Waals surface area contributed by atoms with E-state index in [-0.39, 0.29) is 23.7 Å². The van der Waals surface area contributed by atoms with Crippen LogP contribution in [0.3, 0.4) is 0 Å². The first-order chi connectivity index (χ1) is 13.0. The van der Waals surface area contributed by atoms with Crippen molar-refractivity contribution in [3.05, 3.63) is 47.7 Å². The zero-order chi connectivity index (χ0) is 19.2. The molecule has 6 nitrogen and oxygen atoms in total. The monoisotopic (exact) mass is 368 g/mol. The molecular formula is C21H28N4O2. The molecule has 3 rings (SSSR count). The van der Waals surface area contributed by atoms with Crippen LogP contribution in [0.1, 0.15) is 19.4 Å². The van der Waals surface area contributed by atoms with Crippen LogP contribution in [0.25, 0.3) is 0 Å². The predicted molar refractivity (Wildman–Crippen MR) is 104 cm³/mol. The van der Waals surface area contributed by atoms with Gasteiger partial charge < -0.3 is 14.5 Å². The second-order valence-corrected chi connectivity index (χ2v) is 7.42. The summed E-state index contributed by atoms with van der Waals surface area (Å²) in [5.41, 5.74) is 1.53. The Bertz CT molecular complexity index is 695. The molecule has 0 spiro atoms. The van der Waals surface area contributed by atoms with Crippen LogP contribution in [0, 0.1) is 11.3 Å². The Morgan fingerprint density at radius 2 is 1.78 bits per heavy atom. The smallest absolute Gasteiger partial charge is 0.266 e. The highest BCUT2D eigenvalue weighted by atomic mass is 16.5. The number of nitriles is 1. The summed E-state index contributed by atoms with van der Waals surface area (Å²) in [5.74, 6) is -0.189. The van der Waals surface area contributed by atoms with Crippen molar-refractivity contribution in [2.45, 2.75) is 32.6 Å². The third-order valence-corrected chi connectivity index (χ3v) is 5.03. The van der Waals surface area contributed by atoms with Crippen LogP contribution in [0.4, 0.5) is 0 Å². The van der Waals surface area contributed by atoms with E-state index in [1.165, 1.54) is 5.56 Å². The van der Waals surface area contributed by atoms with Crippen LogP contribution in [0.2, 0.25) is 0 Å². The summed E-state index contributed by atoms with van der Waals surface area (Å²) >= 11 is 0. The number of ether oxygens (including phenoxy) is 1. The van der Waals surface area contributed by atoms with Gasteiger partial charge in [0.1, 0.15) is 11.6 Å². The number of piperazine rings is 1. The molecule has 2 aliphatic heterocycles. The van der Waals surface area contributed by atoms with Crippen molar-refractivity contribution < 1.29 is 9.53 Å². The van der Waals surface area contributed by atoms with Crippen molar-refractivity contribution in [3.63, 3.8) is 0 Å². The molecule has 0 radical (unpaired) electrons. The Hall–Kier alpha value is -2.36. The van der Waals surface area contributed by atoms with Gasteiger partial charge in [0.15, 0.2) is 0 Å². The first-order valence-corrected chi connectivity index (χ1v) is 9.62. The molecule has 2 aliphatic rings. The van der Waals surface area contributed by atoms with E-state index >= 15 is 0 Å². The average molecular weight is 368 g/mol. The van der Waals surface area contributed by atoms with Crippen molar-refractivity contribution in [1.82, 2.24) is 14.7 Å². The lowest BCUT2D eigenvalue weighted by molar-refractivity contribution is -0.138. The Morgan fingerprint density at radius 1 is 1.15 bits per heavy atom. The number of amides is 1. The third kappa shape index (κ3) is 5.31. The molecule has 2 atom stereocenters. The highest BCUT2D eigenvalue weighted by molar-refractivity contribution is 5.97. The van der Waals surface area contributed by atoms with Crippen molar-refractivity contribution in [1.29, 1.82) is 5.26 Å². The van der Waals surface area contributed by atoms with E-state index in [4.69, 9.17) is 4.74 Å². The molecule has 2 saturated heterocycles. The van der Waals surface area contributed by atoms with Crippen molar-refractivity contribution in [2.24, 2.45) is 0 Å². The topological polar surface area (TPSA) is 59.8 Å². The van der Waals surface area contributed by atoms with Gasteiger partial charge in [-0.3, -0.25) is 9.69 Å². The molecule has 2 fully saturated rings. The van der Waals surface area contributed by atoms with E-state index in [1.807, 2.05) is 19.9 Å². The zero-order valence-corrected chi connectivity index (χ0v) is 16.2. The maximum Gasteiger partial charge on any atom is 0.266 e. The maximum atomic E-state index is 12.7. The summed E-state index contributed by atoms with van der Waals surface area (Å²) in [6.07, 6.45) is 1.74. The molecule has 1 aromatic rings. The average Bonchev–Trinajstić information content (AvgIpc) is 2.67. The molecule has 27 heavy (non-hydrogen) atoms. The molecule has 2 heterocycles. The molecule has 1 aromatic carbocycles. The van der Waals surface area contributed by atoms with Gasteiger partial charge in [-0.1, -0.05) is 30.3 Å². The Kier molecular flexibility index (Phi) is 6.49. The van der Waals surface area contributed by atoms with Gasteiger partial charge in [0, 0.05) is 52.0 Å². The SMILES string of the molecule is CC1CN(C(=O)/C(C#N)=C\N2CCN(Cc3ccccc3)CC2)CC(C)O1. The van der Waals surface area contributed by atoms with Crippen LogP contribution < -0.4 is 0 Å². The number of carbonyl (C=O) groups excluding carboxylic acids is 1. The number of morpholine rings is 1. The molecule has 6 heteroatoms. The van der Waals surface area contributed by atoms with Gasteiger partial charge in [0.05, 0.1) is 12.2 Å². The summed E-state index contributed by atoms with van der Waals surface area (Å²) in [4.78, 5) is 19.0. The summed E-state index contributed by atoms with van der Waals surface area (Å²) in [5, 5.41) is 9.50. The first-order valence-electron chi connectivity index (χ1n) is 9.62. The zero-order valence-electron chi connectivity index (χ0n) is 16.2. The van der Waals surface area contributed by atoms with Gasteiger partial charge in [0.2, 0.25) is 0 Å². The number of hydrogen-bond donors (Lipinski definition) is 0. The highest BCUT2D eigenvalue weighted by Gasteiger charge is 2.28. The van der Waals surface area contributed by atoms with Crippen LogP contribution in [-0.4, -0.2) is 72.1 Å². The maximum absolute atomic E-state index is 12.7. The number of nitrogens with zero attached hydrogens (tertiary/aromatic N) is 4. The minimum absolute atomic E-state index is 0.000765. The van der Waals surface area contributed by atoms with Crippen LogP contribution in [0.5, 0.6) is 0 Å². The van der Waals surface area contributed by atoms with Crippen LogP contribution in [0.15, 0.2) is 42.1 Å². The Labute approximate surface area is 161 Å². The molecule has 0 saturated carbocycles. The standard InChI is InChI=1S/C21H28N4O2/c1-17-13-25(14-18(2)27-17)21(26)20(12-22)16-24-10-8-23(9-11-24)15-19-6-4-3-5-7-19/h3-7,16-18H,8-11,13-15H2,1-2H3/b20-16-. The lowest BCUT2D eigenvalue weighted by atomic mass is 10.1. The van der Waals surface area contributed by atoms with Gasteiger partial charge in [-0.15, -0.1) is 0 Å². The molecule has 1 amide bonds. The van der Waals surface area contributed by atoms with Crippen molar-refractivity contribution in [2.75, 3.05) is 39.3 Å². The highest BCUT2D eigenvalue weighted by Crippen LogP contribution is 2.15. The van der Waals surface area contributed by atoms with Gasteiger partial charge in [0.25, 0.3) is 5.91 Å². The van der Waals surface area contributed by atoms with E-state index < -0.39 is 0 Å². The summed E-state index contributed by atoms with van der Waals surface area (Å²) < 4.78 is 5.68. The number of benzene rings is 1. The van der Waals surface area contributed by atoms with Gasteiger partial charge in [-0.05, 0) is 19.4 Å². The molecular weight excluding hydrogens is 340 g/mol. The van der Waals surface area contributed by atoms with Gasteiger partial charge in [-0.2, -0.15) is 5.26 Å². The van der Waals surface area contributed by atoms with E-state index in [9.17, 15) is 10.1 Å². The largest absolute Gasteiger partial charge is 0.374 e. The van der Waals surface area contributed by atoms with Crippen LogP contribution in [-0.2, 0) is 16.1 Å². The minimum Gasteiger partial charge on any atom is -0.374 e. The summed E-state index contributed by atoms with van der Waals surface area (Å²) in [6.45, 7) is 9.40. The lowest BCUT2D eigenvalue weighted by Crippen LogP contribution is -2.49. The molecule has 0 aliphatic carbocycles. The van der Waals surface area contributed by atoms with Crippen molar-refractivity contribution >= 4 is 5.91 Å². The number of hydrogen-bond acceptors (Lipinski definition) is 5. The van der Waals surface area contributed by atoms with Crippen molar-refractivity contribution in [3.8, 4) is 6.07 Å². The Balaban J connectivity index is 1.55. The molecule has 144 valence electrons. The second-order valence-electron chi connectivity index (χ2n) is 7.42. The molecule has 0 N–H and O–H groups in total. The van der Waals surface area contributed by atoms with E-state index in [1.54, 1.807) is 11.1 Å². The fourth-order valence-corrected chi connectivity index (χ4v) is 3.72. The molecule has 0 aromatic heterocycles. The van der Waals surface area contributed by atoms with Crippen LogP contribution >= 0.6 is 0 Å². The van der Waals surface area contributed by atoms with E-state index in [2.05, 4.69) is 40.1 Å². The van der Waals surface area contributed by atoms with E-state index in [0.29, 0.717) is 13.1 Å². The first kappa shape index (κ1) is 19.4. The van der Waals surface area contributed by atoms with Gasteiger partial charge >= 0.3 is 0 Å². The fourth-order valence-electron chi connectivity index (χ4n) is 3.72. The summed E-state index contributed by atoms with van der Waals surface area (Å²) in [6, 6.07) is 12.5. The number of rotatable bonds is 4. The number of carbonyl (C=O) groups is 1. The third-order valence-electron chi connectivity index (χ3n) is 5.03. The predicted octanol–water partition coefficient (Wildman–Crippen LogP) is 1.85. The van der Waals surface area contributed by atoms with Gasteiger partial charge in [-0.25, -0.2) is 0 Å². The van der Waals surface area contributed by atoms with E-state index in [0.717, 1.165) is 32.7 Å². The Morgan fingerprint density at radius 3 is 2.37 bits per heavy atom. The minimum atomic E-state index is -0.189. The normalized spacial score (nSPS) is 24.6. The second kappa shape index (κ2) is 9.03. The molecule has 0 bridgehead atoms. The fraction of sp³-hybridized carbons (Fsp3) is 0.524. The lowest BCUT2D eigenvalue weighted by Gasteiger charge is -2.36.